The van der Waals surface area contributed by atoms with Crippen molar-refractivity contribution in [2.45, 2.75) is 84.5 Å². The van der Waals surface area contributed by atoms with Gasteiger partial charge in [0.15, 0.2) is 0 Å². The predicted molar refractivity (Wildman–Crippen MR) is 72.4 cm³/mol. The Morgan fingerprint density at radius 3 is 1.88 bits per heavy atom. The fraction of sp³-hybridized carbons (Fsp3) is 0.933. The average Bonchev–Trinajstić information content (AvgIpc) is 2.31. The lowest BCUT2D eigenvalue weighted by atomic mass is 10.1. The lowest BCUT2D eigenvalue weighted by molar-refractivity contribution is 0.183. The summed E-state index contributed by atoms with van der Waals surface area (Å²) in [6.07, 6.45) is 14.5. The third-order valence-electron chi connectivity index (χ3n) is 2.91. The van der Waals surface area contributed by atoms with Gasteiger partial charge in [-0.1, -0.05) is 71.6 Å². The summed E-state index contributed by atoms with van der Waals surface area (Å²) < 4.78 is 5.50. The second-order valence-corrected chi connectivity index (χ2v) is 4.65. The maximum atomic E-state index is 5.50. The molecule has 0 aromatic carbocycles. The summed E-state index contributed by atoms with van der Waals surface area (Å²) in [7, 11) is 0. The van der Waals surface area contributed by atoms with E-state index >= 15 is 0 Å². The van der Waals surface area contributed by atoms with E-state index < -0.39 is 0 Å². The van der Waals surface area contributed by atoms with Crippen LogP contribution >= 0.6 is 0 Å². The monoisotopic (exact) mass is 227 g/mol. The third kappa shape index (κ3) is 14.0. The van der Waals surface area contributed by atoms with Crippen molar-refractivity contribution < 1.29 is 4.74 Å². The molecule has 0 heterocycles. The van der Waals surface area contributed by atoms with Crippen molar-refractivity contribution in [3.8, 4) is 0 Å². The fourth-order valence-electron chi connectivity index (χ4n) is 1.79. The number of ether oxygens (including phenoxy) is 1. The van der Waals surface area contributed by atoms with Crippen LogP contribution < -0.4 is 0 Å². The Labute approximate surface area is 103 Å². The van der Waals surface area contributed by atoms with Crippen LogP contribution in [0.4, 0.5) is 0 Å². The quantitative estimate of drug-likeness (QED) is 0.378. The molecule has 1 nitrogen and oxygen atoms in total. The molecule has 0 aromatic heterocycles. The molecule has 0 saturated carbocycles. The minimum Gasteiger partial charge on any atom is -0.376 e. The molecule has 0 aliphatic carbocycles. The zero-order valence-electron chi connectivity index (χ0n) is 11.5. The number of hydrogen-bond donors (Lipinski definition) is 0. The van der Waals surface area contributed by atoms with Crippen molar-refractivity contribution in [3.63, 3.8) is 0 Å². The van der Waals surface area contributed by atoms with E-state index in [2.05, 4.69) is 13.8 Å². The van der Waals surface area contributed by atoms with Crippen LogP contribution in [0, 0.1) is 6.61 Å². The first kappa shape index (κ1) is 16.0. The van der Waals surface area contributed by atoms with Gasteiger partial charge in [0.1, 0.15) is 0 Å². The molecule has 0 atom stereocenters. The highest BCUT2D eigenvalue weighted by Gasteiger charge is 1.92. The van der Waals surface area contributed by atoms with Gasteiger partial charge in [0.05, 0.1) is 6.61 Å². The van der Waals surface area contributed by atoms with Gasteiger partial charge in [0.2, 0.25) is 0 Å². The maximum absolute atomic E-state index is 5.50. The van der Waals surface area contributed by atoms with Crippen LogP contribution in [-0.4, -0.2) is 6.61 Å². The Kier molecular flexibility index (Phi) is 14.9. The Balaban J connectivity index is 2.83. The minimum atomic E-state index is 0.929. The van der Waals surface area contributed by atoms with Gasteiger partial charge in [-0.3, -0.25) is 0 Å². The van der Waals surface area contributed by atoms with Gasteiger partial charge in [0.25, 0.3) is 0 Å². The molecule has 0 spiro atoms. The zero-order chi connectivity index (χ0) is 11.9. The van der Waals surface area contributed by atoms with Crippen molar-refractivity contribution >= 4 is 0 Å². The van der Waals surface area contributed by atoms with Crippen molar-refractivity contribution in [1.29, 1.82) is 0 Å². The van der Waals surface area contributed by atoms with Crippen LogP contribution in [0.15, 0.2) is 0 Å². The van der Waals surface area contributed by atoms with Crippen molar-refractivity contribution in [3.05, 3.63) is 6.61 Å². The van der Waals surface area contributed by atoms with Crippen LogP contribution in [0.2, 0.25) is 0 Å². The average molecular weight is 227 g/mol. The van der Waals surface area contributed by atoms with Gasteiger partial charge in [-0.15, -0.1) is 0 Å². The van der Waals surface area contributed by atoms with E-state index in [9.17, 15) is 0 Å². The molecule has 0 rings (SSSR count). The molecular weight excluding hydrogens is 196 g/mol. The summed E-state index contributed by atoms with van der Waals surface area (Å²) in [5.41, 5.74) is 0. The highest BCUT2D eigenvalue weighted by Crippen LogP contribution is 2.07. The molecule has 1 radical (unpaired) electrons. The molecule has 0 aliphatic rings. The first-order valence-electron chi connectivity index (χ1n) is 7.35. The Bertz CT molecular complexity index is 98.0. The summed E-state index contributed by atoms with van der Waals surface area (Å²) >= 11 is 0. The molecule has 97 valence electrons. The summed E-state index contributed by atoms with van der Waals surface area (Å²) in [5, 5.41) is 0. The van der Waals surface area contributed by atoms with E-state index in [-0.39, 0.29) is 0 Å². The van der Waals surface area contributed by atoms with E-state index in [4.69, 9.17) is 4.74 Å². The Morgan fingerprint density at radius 2 is 1.25 bits per heavy atom. The van der Waals surface area contributed by atoms with Crippen LogP contribution in [0.1, 0.15) is 84.5 Å². The standard InChI is InChI=1S/C15H31O/c1-3-5-7-9-11-13-15-16-14-12-10-8-6-4-2/h15H,3-14H2,1-2H3. The Hall–Kier alpha value is -0.0400. The SMILES string of the molecule is CCCCCCC[CH]OCCCCCCC. The van der Waals surface area contributed by atoms with Gasteiger partial charge in [0, 0.05) is 6.61 Å². The zero-order valence-corrected chi connectivity index (χ0v) is 11.5. The normalized spacial score (nSPS) is 10.9. The molecule has 0 bridgehead atoms. The van der Waals surface area contributed by atoms with Gasteiger partial charge in [-0.2, -0.15) is 0 Å². The predicted octanol–water partition coefficient (Wildman–Crippen LogP) is 5.50. The topological polar surface area (TPSA) is 9.23 Å². The molecule has 1 heteroatoms. The summed E-state index contributed by atoms with van der Waals surface area (Å²) in [4.78, 5) is 0. The highest BCUT2D eigenvalue weighted by molar-refractivity contribution is 4.52. The van der Waals surface area contributed by atoms with E-state index in [1.54, 1.807) is 0 Å². The lowest BCUT2D eigenvalue weighted by Gasteiger charge is -2.03. The third-order valence-corrected chi connectivity index (χ3v) is 2.91. The van der Waals surface area contributed by atoms with Crippen molar-refractivity contribution in [1.82, 2.24) is 0 Å². The van der Waals surface area contributed by atoms with Gasteiger partial charge in [-0.25, -0.2) is 0 Å². The number of hydrogen-bond acceptors (Lipinski definition) is 1. The smallest absolute Gasteiger partial charge is 0.0836 e. The van der Waals surface area contributed by atoms with Gasteiger partial charge in [-0.05, 0) is 12.8 Å². The second-order valence-electron chi connectivity index (χ2n) is 4.65. The molecule has 0 aliphatic heterocycles. The molecule has 0 N–H and O–H groups in total. The maximum Gasteiger partial charge on any atom is 0.0836 e. The van der Waals surface area contributed by atoms with Crippen LogP contribution in [-0.2, 0) is 4.74 Å². The fourth-order valence-corrected chi connectivity index (χ4v) is 1.79. The molecule has 0 aromatic rings. The molecular formula is C15H31O. The van der Waals surface area contributed by atoms with Crippen LogP contribution in [0.5, 0.6) is 0 Å². The molecule has 0 fully saturated rings. The van der Waals surface area contributed by atoms with Crippen LogP contribution in [0.3, 0.4) is 0 Å². The number of unbranched alkanes of at least 4 members (excludes halogenated alkanes) is 9. The van der Waals surface area contributed by atoms with Gasteiger partial charge < -0.3 is 4.74 Å². The summed E-state index contributed by atoms with van der Waals surface area (Å²) in [6.45, 7) is 7.46. The van der Waals surface area contributed by atoms with Gasteiger partial charge >= 0.3 is 0 Å². The van der Waals surface area contributed by atoms with E-state index in [0.717, 1.165) is 13.0 Å². The highest BCUT2D eigenvalue weighted by atomic mass is 16.5. The van der Waals surface area contributed by atoms with E-state index in [0.29, 0.717) is 0 Å². The Morgan fingerprint density at radius 1 is 0.688 bits per heavy atom. The van der Waals surface area contributed by atoms with E-state index in [1.807, 2.05) is 6.61 Å². The first-order chi connectivity index (χ1) is 7.91. The van der Waals surface area contributed by atoms with Crippen molar-refractivity contribution in [2.75, 3.05) is 6.61 Å². The number of rotatable bonds is 13. The molecule has 0 saturated heterocycles. The molecule has 16 heavy (non-hydrogen) atoms. The largest absolute Gasteiger partial charge is 0.376 e. The lowest BCUT2D eigenvalue weighted by Crippen LogP contribution is -1.92. The van der Waals surface area contributed by atoms with E-state index in [1.165, 1.54) is 64.2 Å². The summed E-state index contributed by atoms with van der Waals surface area (Å²) in [5.74, 6) is 0. The molecule has 0 unspecified atom stereocenters. The van der Waals surface area contributed by atoms with Crippen molar-refractivity contribution in [2.24, 2.45) is 0 Å². The minimum absolute atomic E-state index is 0.929. The first-order valence-corrected chi connectivity index (χ1v) is 7.35. The summed E-state index contributed by atoms with van der Waals surface area (Å²) in [6, 6.07) is 0. The van der Waals surface area contributed by atoms with Crippen LogP contribution in [0.25, 0.3) is 0 Å². The molecule has 0 amide bonds. The second kappa shape index (κ2) is 15.0.